The fraction of sp³-hybridized carbons (Fsp3) is 0.615. The van der Waals surface area contributed by atoms with Crippen molar-refractivity contribution in [1.82, 2.24) is 14.8 Å². The SMILES string of the molecule is Cl.Cn1cc(Cl)cc1C(=O)N1CCC2NCCC2C1. The monoisotopic (exact) mass is 303 g/mol. The lowest BCUT2D eigenvalue weighted by Gasteiger charge is -2.34. The number of carbonyl (C=O) groups excluding carboxylic acids is 1. The van der Waals surface area contributed by atoms with Gasteiger partial charge >= 0.3 is 0 Å². The number of amides is 1. The standard InChI is InChI=1S/C13H18ClN3O.ClH/c1-16-8-10(14)6-12(16)13(18)17-5-3-11-9(7-17)2-4-15-11;/h6,8-9,11,15H,2-5,7H2,1H3;1H. The largest absolute Gasteiger partial charge is 0.345 e. The number of aryl methyl sites for hydroxylation is 1. The fourth-order valence-electron chi connectivity index (χ4n) is 3.13. The molecule has 2 aliphatic heterocycles. The van der Waals surface area contributed by atoms with Gasteiger partial charge in [-0.15, -0.1) is 12.4 Å². The van der Waals surface area contributed by atoms with E-state index in [0.29, 0.717) is 22.7 Å². The van der Waals surface area contributed by atoms with Crippen LogP contribution in [0.1, 0.15) is 23.3 Å². The predicted octanol–water partition coefficient (Wildman–Crippen LogP) is 1.92. The van der Waals surface area contributed by atoms with E-state index in [1.54, 1.807) is 12.3 Å². The molecule has 1 N–H and O–H groups in total. The smallest absolute Gasteiger partial charge is 0.270 e. The van der Waals surface area contributed by atoms with E-state index in [1.165, 1.54) is 6.42 Å². The van der Waals surface area contributed by atoms with Crippen molar-refractivity contribution >= 4 is 29.9 Å². The van der Waals surface area contributed by atoms with Gasteiger partial charge < -0.3 is 14.8 Å². The number of likely N-dealkylation sites (tertiary alicyclic amines) is 1. The van der Waals surface area contributed by atoms with Gasteiger partial charge in [0.15, 0.2) is 0 Å². The van der Waals surface area contributed by atoms with Crippen LogP contribution in [0, 0.1) is 5.92 Å². The Labute approximate surface area is 124 Å². The summed E-state index contributed by atoms with van der Waals surface area (Å²) in [4.78, 5) is 14.4. The lowest BCUT2D eigenvalue weighted by molar-refractivity contribution is 0.0652. The number of hydrogen-bond acceptors (Lipinski definition) is 2. The summed E-state index contributed by atoms with van der Waals surface area (Å²) in [6, 6.07) is 2.37. The summed E-state index contributed by atoms with van der Waals surface area (Å²) in [5, 5.41) is 4.13. The normalized spacial score (nSPS) is 25.9. The highest BCUT2D eigenvalue weighted by atomic mass is 35.5. The summed E-state index contributed by atoms with van der Waals surface area (Å²) < 4.78 is 1.81. The number of nitrogens with zero attached hydrogens (tertiary/aromatic N) is 2. The molecule has 6 heteroatoms. The molecule has 3 rings (SSSR count). The first kappa shape index (κ1) is 14.7. The number of piperidine rings is 1. The molecule has 1 aromatic rings. The topological polar surface area (TPSA) is 37.3 Å². The minimum Gasteiger partial charge on any atom is -0.345 e. The van der Waals surface area contributed by atoms with Crippen molar-refractivity contribution < 1.29 is 4.79 Å². The van der Waals surface area contributed by atoms with Crippen LogP contribution in [-0.2, 0) is 7.05 Å². The fourth-order valence-corrected chi connectivity index (χ4v) is 3.38. The van der Waals surface area contributed by atoms with Gasteiger partial charge in [0.25, 0.3) is 5.91 Å². The number of halogens is 2. The molecule has 19 heavy (non-hydrogen) atoms. The summed E-state index contributed by atoms with van der Waals surface area (Å²) in [5.41, 5.74) is 0.685. The third kappa shape index (κ3) is 2.76. The van der Waals surface area contributed by atoms with Gasteiger partial charge in [0.1, 0.15) is 5.69 Å². The Hall–Kier alpha value is -0.710. The van der Waals surface area contributed by atoms with Crippen molar-refractivity contribution in [1.29, 1.82) is 0 Å². The maximum atomic E-state index is 12.4. The van der Waals surface area contributed by atoms with Crippen molar-refractivity contribution in [2.75, 3.05) is 19.6 Å². The number of hydrogen-bond donors (Lipinski definition) is 1. The second-order valence-electron chi connectivity index (χ2n) is 5.30. The third-order valence-corrected chi connectivity index (χ3v) is 4.34. The molecule has 0 aromatic carbocycles. The molecular formula is C13H19Cl2N3O. The number of carbonyl (C=O) groups is 1. The number of aromatic nitrogens is 1. The molecule has 0 radical (unpaired) electrons. The molecule has 4 nitrogen and oxygen atoms in total. The Balaban J connectivity index is 0.00000133. The van der Waals surface area contributed by atoms with Crippen molar-refractivity contribution in [2.24, 2.45) is 13.0 Å². The van der Waals surface area contributed by atoms with Gasteiger partial charge in [-0.25, -0.2) is 0 Å². The summed E-state index contributed by atoms with van der Waals surface area (Å²) in [6.07, 6.45) is 4.02. The first-order chi connectivity index (χ1) is 8.65. The van der Waals surface area contributed by atoms with Crippen LogP contribution >= 0.6 is 24.0 Å². The van der Waals surface area contributed by atoms with Crippen LogP contribution in [0.4, 0.5) is 0 Å². The van der Waals surface area contributed by atoms with Crippen LogP contribution in [-0.4, -0.2) is 41.1 Å². The van der Waals surface area contributed by atoms with Gasteiger partial charge in [0.05, 0.1) is 5.02 Å². The molecule has 0 bridgehead atoms. The van der Waals surface area contributed by atoms with Crippen molar-refractivity contribution in [3.05, 3.63) is 23.0 Å². The van der Waals surface area contributed by atoms with E-state index in [4.69, 9.17) is 11.6 Å². The quantitative estimate of drug-likeness (QED) is 0.861. The first-order valence-electron chi connectivity index (χ1n) is 6.49. The van der Waals surface area contributed by atoms with E-state index in [9.17, 15) is 4.79 Å². The van der Waals surface area contributed by atoms with Crippen LogP contribution in [0.25, 0.3) is 0 Å². The molecular weight excluding hydrogens is 285 g/mol. The second-order valence-corrected chi connectivity index (χ2v) is 5.74. The molecule has 2 unspecified atom stereocenters. The average molecular weight is 304 g/mol. The predicted molar refractivity (Wildman–Crippen MR) is 78.1 cm³/mol. The second kappa shape index (κ2) is 5.73. The highest BCUT2D eigenvalue weighted by Crippen LogP contribution is 2.26. The molecule has 2 saturated heterocycles. The van der Waals surface area contributed by atoms with E-state index in [0.717, 1.165) is 26.1 Å². The third-order valence-electron chi connectivity index (χ3n) is 4.13. The van der Waals surface area contributed by atoms with Crippen LogP contribution in [0.5, 0.6) is 0 Å². The van der Waals surface area contributed by atoms with Crippen LogP contribution in [0.2, 0.25) is 5.02 Å². The number of nitrogens with one attached hydrogen (secondary N) is 1. The Morgan fingerprint density at radius 1 is 1.47 bits per heavy atom. The molecule has 106 valence electrons. The van der Waals surface area contributed by atoms with Crippen LogP contribution < -0.4 is 5.32 Å². The van der Waals surface area contributed by atoms with E-state index < -0.39 is 0 Å². The molecule has 1 amide bonds. The summed E-state index contributed by atoms with van der Waals surface area (Å²) >= 11 is 5.94. The van der Waals surface area contributed by atoms with E-state index in [2.05, 4.69) is 5.32 Å². The number of rotatable bonds is 1. The molecule has 0 spiro atoms. The van der Waals surface area contributed by atoms with Gasteiger partial charge in [-0.3, -0.25) is 4.79 Å². The summed E-state index contributed by atoms with van der Waals surface area (Å²) in [7, 11) is 1.86. The molecule has 0 saturated carbocycles. The van der Waals surface area contributed by atoms with Crippen molar-refractivity contribution in [2.45, 2.75) is 18.9 Å². The molecule has 2 fully saturated rings. The molecule has 2 aliphatic rings. The molecule has 2 atom stereocenters. The number of fused-ring (bicyclic) bond motifs is 1. The van der Waals surface area contributed by atoms with Crippen molar-refractivity contribution in [3.63, 3.8) is 0 Å². The zero-order chi connectivity index (χ0) is 12.7. The van der Waals surface area contributed by atoms with Gasteiger partial charge in [-0.1, -0.05) is 11.6 Å². The highest BCUT2D eigenvalue weighted by Gasteiger charge is 2.35. The zero-order valence-corrected chi connectivity index (χ0v) is 12.5. The van der Waals surface area contributed by atoms with E-state index in [1.807, 2.05) is 16.5 Å². The van der Waals surface area contributed by atoms with Gasteiger partial charge in [0, 0.05) is 32.4 Å². The minimum atomic E-state index is 0. The lowest BCUT2D eigenvalue weighted by atomic mass is 9.93. The maximum absolute atomic E-state index is 12.4. The van der Waals surface area contributed by atoms with E-state index >= 15 is 0 Å². The van der Waals surface area contributed by atoms with Crippen molar-refractivity contribution in [3.8, 4) is 0 Å². The first-order valence-corrected chi connectivity index (χ1v) is 6.87. The molecule has 0 aliphatic carbocycles. The van der Waals surface area contributed by atoms with Gasteiger partial charge in [-0.2, -0.15) is 0 Å². The van der Waals surface area contributed by atoms with Gasteiger partial charge in [0.2, 0.25) is 0 Å². The Kier molecular flexibility index (Phi) is 4.43. The summed E-state index contributed by atoms with van der Waals surface area (Å²) in [6.45, 7) is 2.81. The van der Waals surface area contributed by atoms with Crippen LogP contribution in [0.15, 0.2) is 12.3 Å². The zero-order valence-electron chi connectivity index (χ0n) is 10.9. The lowest BCUT2D eigenvalue weighted by Crippen LogP contribution is -2.47. The van der Waals surface area contributed by atoms with Gasteiger partial charge in [-0.05, 0) is 31.4 Å². The average Bonchev–Trinajstić information content (AvgIpc) is 2.93. The Morgan fingerprint density at radius 3 is 2.95 bits per heavy atom. The molecule has 1 aromatic heterocycles. The minimum absolute atomic E-state index is 0. The Morgan fingerprint density at radius 2 is 2.26 bits per heavy atom. The van der Waals surface area contributed by atoms with E-state index in [-0.39, 0.29) is 18.3 Å². The highest BCUT2D eigenvalue weighted by molar-refractivity contribution is 6.31. The maximum Gasteiger partial charge on any atom is 0.270 e. The Bertz CT molecular complexity index is 474. The summed E-state index contributed by atoms with van der Waals surface area (Å²) in [5.74, 6) is 0.730. The molecule has 3 heterocycles. The van der Waals surface area contributed by atoms with Crippen LogP contribution in [0.3, 0.4) is 0 Å².